The van der Waals surface area contributed by atoms with Crippen LogP contribution in [-0.2, 0) is 19.6 Å². The van der Waals surface area contributed by atoms with Crippen molar-refractivity contribution < 1.29 is 53.4 Å². The van der Waals surface area contributed by atoms with E-state index in [1.807, 2.05) is 4.72 Å². The molecule has 0 saturated carbocycles. The summed E-state index contributed by atoms with van der Waals surface area (Å²) in [6.07, 6.45) is -6.64. The number of nitrogens with one attached hydrogen (secondary N) is 1. The van der Waals surface area contributed by atoms with Crippen molar-refractivity contribution in [1.82, 2.24) is 4.72 Å². The fraction of sp³-hybridized carbons (Fsp3) is 0.467. The molecule has 0 aromatic heterocycles. The minimum atomic E-state index is -3.55. The summed E-state index contributed by atoms with van der Waals surface area (Å²) in [5, 5.41) is 53.3. The number of aliphatic carboxylic acids is 1. The molecular formula is C15H21NO11S. The maximum absolute atomic E-state index is 11.1. The molecule has 1 amide bonds. The highest BCUT2D eigenvalue weighted by Gasteiger charge is 2.31. The summed E-state index contributed by atoms with van der Waals surface area (Å²) >= 11 is 0. The van der Waals surface area contributed by atoms with Gasteiger partial charge in [-0.1, -0.05) is 12.1 Å². The molecule has 0 bridgehead atoms. The zero-order valence-electron chi connectivity index (χ0n) is 14.4. The van der Waals surface area contributed by atoms with E-state index in [0.717, 1.165) is 0 Å². The van der Waals surface area contributed by atoms with Gasteiger partial charge in [0.05, 0.1) is 18.8 Å². The van der Waals surface area contributed by atoms with Crippen molar-refractivity contribution in [2.24, 2.45) is 0 Å². The highest BCUT2D eigenvalue weighted by molar-refractivity contribution is 7.90. The van der Waals surface area contributed by atoms with Gasteiger partial charge >= 0.3 is 5.97 Å². The zero-order valence-corrected chi connectivity index (χ0v) is 15.2. The summed E-state index contributed by atoms with van der Waals surface area (Å²) in [5.41, 5.74) is 0.220. The van der Waals surface area contributed by atoms with Crippen LogP contribution in [0.4, 0.5) is 0 Å². The van der Waals surface area contributed by atoms with Crippen LogP contribution in [0.1, 0.15) is 10.4 Å². The van der Waals surface area contributed by atoms with Crippen LogP contribution in [0.15, 0.2) is 29.2 Å². The number of hydrogen-bond donors (Lipinski definition) is 7. The first-order valence-corrected chi connectivity index (χ1v) is 9.28. The van der Waals surface area contributed by atoms with Gasteiger partial charge in [0.1, 0.15) is 35.9 Å². The van der Waals surface area contributed by atoms with E-state index in [9.17, 15) is 33.3 Å². The lowest BCUT2D eigenvalue weighted by Crippen LogP contribution is -2.47. The molecule has 1 aliphatic rings. The molecule has 1 aromatic rings. The van der Waals surface area contributed by atoms with Gasteiger partial charge in [0.25, 0.3) is 15.9 Å². The van der Waals surface area contributed by atoms with Crippen LogP contribution in [-0.4, -0.2) is 95.2 Å². The smallest absolute Gasteiger partial charge is 0.329 e. The van der Waals surface area contributed by atoms with Crippen LogP contribution >= 0.6 is 0 Å². The van der Waals surface area contributed by atoms with Crippen molar-refractivity contribution in [1.29, 1.82) is 0 Å². The second kappa shape index (κ2) is 10.4. The van der Waals surface area contributed by atoms with Crippen LogP contribution in [0, 0.1) is 0 Å². The summed E-state index contributed by atoms with van der Waals surface area (Å²) in [7, 11) is -3.55. The molecule has 28 heavy (non-hydrogen) atoms. The minimum absolute atomic E-state index is 0.0648. The molecule has 0 spiro atoms. The van der Waals surface area contributed by atoms with E-state index in [2.05, 4.69) is 4.74 Å². The number of amides is 1. The highest BCUT2D eigenvalue weighted by Crippen LogP contribution is 2.20. The molecule has 0 radical (unpaired) electrons. The summed E-state index contributed by atoms with van der Waals surface area (Å²) in [4.78, 5) is 21.1. The van der Waals surface area contributed by atoms with Crippen LogP contribution in [0.2, 0.25) is 0 Å². The fourth-order valence-corrected chi connectivity index (χ4v) is 3.22. The summed E-state index contributed by atoms with van der Waals surface area (Å²) in [6, 6.07) is 6.09. The Morgan fingerprint density at radius 1 is 1.07 bits per heavy atom. The van der Waals surface area contributed by atoms with Crippen LogP contribution in [0.25, 0.3) is 0 Å². The Hall–Kier alpha value is -2.13. The van der Waals surface area contributed by atoms with Gasteiger partial charge in [0.15, 0.2) is 0 Å². The molecule has 0 saturated heterocycles. The normalized spacial score (nSPS) is 18.7. The molecule has 0 aliphatic carbocycles. The second-order valence-electron chi connectivity index (χ2n) is 5.64. The van der Waals surface area contributed by atoms with Crippen molar-refractivity contribution >= 4 is 21.9 Å². The van der Waals surface area contributed by atoms with Crippen LogP contribution < -0.4 is 4.72 Å². The summed E-state index contributed by atoms with van der Waals surface area (Å²) < 4.78 is 28.6. The molecule has 1 aromatic carbocycles. The largest absolute Gasteiger partial charge is 0.480 e. The van der Waals surface area contributed by atoms with E-state index in [-0.39, 0.29) is 10.5 Å². The number of carboxylic acids is 1. The number of hydrogen-bond acceptors (Lipinski definition) is 10. The number of ether oxygens (including phenoxy) is 1. The van der Waals surface area contributed by atoms with Crippen LogP contribution in [0.3, 0.4) is 0 Å². The molecule has 13 heteroatoms. The number of benzene rings is 1. The molecule has 1 heterocycles. The topological polar surface area (TPSA) is 211 Å². The Labute approximate surface area is 159 Å². The number of carbonyl (C=O) groups is 2. The first-order chi connectivity index (χ1) is 13.0. The number of rotatable bonds is 8. The fourth-order valence-electron chi connectivity index (χ4n) is 2.05. The molecular weight excluding hydrogens is 402 g/mol. The summed E-state index contributed by atoms with van der Waals surface area (Å²) in [6.45, 7) is -1.94. The monoisotopic (exact) mass is 423 g/mol. The Bertz CT molecular complexity index is 782. The van der Waals surface area contributed by atoms with Crippen molar-refractivity contribution in [3.8, 4) is 0 Å². The van der Waals surface area contributed by atoms with Crippen molar-refractivity contribution in [2.45, 2.75) is 29.3 Å². The minimum Gasteiger partial charge on any atom is -0.480 e. The number of carboxylic acid groups (broad SMARTS) is 1. The number of aliphatic hydroxyl groups excluding tert-OH is 5. The van der Waals surface area contributed by atoms with Gasteiger partial charge in [-0.25, -0.2) is 17.9 Å². The highest BCUT2D eigenvalue weighted by atomic mass is 32.2. The average Bonchev–Trinajstić information content (AvgIpc) is 2.89. The van der Waals surface area contributed by atoms with Gasteiger partial charge < -0.3 is 35.4 Å². The molecule has 1 aliphatic heterocycles. The predicted molar refractivity (Wildman–Crippen MR) is 90.7 cm³/mol. The quantitative estimate of drug-likeness (QED) is 0.219. The third-order valence-electron chi connectivity index (χ3n) is 3.49. The molecule has 4 atom stereocenters. The lowest BCUT2D eigenvalue weighted by atomic mass is 10.0. The van der Waals surface area contributed by atoms with Gasteiger partial charge in [0.2, 0.25) is 0 Å². The molecule has 158 valence electrons. The number of fused-ring (bicyclic) bond motifs is 1. The van der Waals surface area contributed by atoms with Gasteiger partial charge in [-0.2, -0.15) is 0 Å². The molecule has 0 fully saturated rings. The predicted octanol–water partition coefficient (Wildman–Crippen LogP) is -3.36. The number of sulfonamides is 1. The lowest BCUT2D eigenvalue weighted by molar-refractivity contribution is -0.148. The van der Waals surface area contributed by atoms with E-state index in [1.54, 1.807) is 12.1 Å². The third-order valence-corrected chi connectivity index (χ3v) is 4.88. The third kappa shape index (κ3) is 6.49. The number of carbonyl (C=O) groups excluding carboxylic acids is 1. The second-order valence-corrected chi connectivity index (χ2v) is 7.29. The van der Waals surface area contributed by atoms with Crippen molar-refractivity contribution in [3.63, 3.8) is 0 Å². The van der Waals surface area contributed by atoms with Gasteiger partial charge in [-0.05, 0) is 12.1 Å². The maximum atomic E-state index is 11.1. The average molecular weight is 423 g/mol. The van der Waals surface area contributed by atoms with Crippen LogP contribution in [0.5, 0.6) is 0 Å². The molecule has 2 rings (SSSR count). The zero-order chi connectivity index (χ0) is 21.5. The van der Waals surface area contributed by atoms with Gasteiger partial charge in [-0.3, -0.25) is 4.79 Å². The Morgan fingerprint density at radius 3 is 2.18 bits per heavy atom. The van der Waals surface area contributed by atoms with E-state index >= 15 is 0 Å². The van der Waals surface area contributed by atoms with Crippen molar-refractivity contribution in [2.75, 3.05) is 19.8 Å². The van der Waals surface area contributed by atoms with Crippen molar-refractivity contribution in [3.05, 3.63) is 29.8 Å². The van der Waals surface area contributed by atoms with Gasteiger partial charge in [0, 0.05) is 0 Å². The lowest BCUT2D eigenvalue weighted by Gasteiger charge is -2.25. The number of aliphatic hydroxyl groups is 5. The standard InChI is InChI=1S/C8H16O8.C7H5NO3S/c9-1-4(10)7(14)8(15)5(11)2-16-3-6(12)13;9-7-5-3-1-2-4-6(5)12(10,11)8-7/h4-5,7-11,14-15H,1-3H2,(H,12,13);1-4H,(H,8,9)/t4-,5+,7-,8-;/m1./s1. The Balaban J connectivity index is 0.000000289. The molecule has 0 unspecified atom stereocenters. The van der Waals surface area contributed by atoms with E-state index in [0.29, 0.717) is 0 Å². The Morgan fingerprint density at radius 2 is 1.64 bits per heavy atom. The van der Waals surface area contributed by atoms with E-state index < -0.39 is 66.1 Å². The Kier molecular flexibility index (Phi) is 8.90. The first-order valence-electron chi connectivity index (χ1n) is 7.80. The maximum Gasteiger partial charge on any atom is 0.329 e. The van der Waals surface area contributed by atoms with E-state index in [1.165, 1.54) is 12.1 Å². The molecule has 7 N–H and O–H groups in total. The summed E-state index contributed by atoms with van der Waals surface area (Å²) in [5.74, 6) is -1.79. The molecule has 12 nitrogen and oxygen atoms in total. The SMILES string of the molecule is O=C(O)COC[C@H](O)[C@@H](O)[C@H](O)[C@H](O)CO.O=C1NS(=O)(=O)c2ccccc21. The van der Waals surface area contributed by atoms with Gasteiger partial charge in [-0.15, -0.1) is 0 Å². The first kappa shape index (κ1) is 23.9. The van der Waals surface area contributed by atoms with E-state index in [4.69, 9.17) is 15.3 Å².